The third kappa shape index (κ3) is 4.79. The van der Waals surface area contributed by atoms with Crippen LogP contribution in [0.4, 0.5) is 10.1 Å². The Balaban J connectivity index is 1.88. The molecule has 0 unspecified atom stereocenters. The van der Waals surface area contributed by atoms with Gasteiger partial charge in [-0.25, -0.2) is 4.39 Å². The summed E-state index contributed by atoms with van der Waals surface area (Å²) in [6.45, 7) is 1.58. The van der Waals surface area contributed by atoms with Gasteiger partial charge in [-0.3, -0.25) is 9.59 Å². The van der Waals surface area contributed by atoms with E-state index in [0.29, 0.717) is 23.4 Å². The molecule has 4 nitrogen and oxygen atoms in total. The Bertz CT molecular complexity index is 716. The molecule has 0 heterocycles. The quantitative estimate of drug-likeness (QED) is 0.809. The van der Waals surface area contributed by atoms with E-state index in [2.05, 4.69) is 5.32 Å². The summed E-state index contributed by atoms with van der Waals surface area (Å²) in [5.41, 5.74) is 0.985. The summed E-state index contributed by atoms with van der Waals surface area (Å²) in [6.07, 6.45) is 0.433. The molecule has 0 aliphatic carbocycles. The smallest absolute Gasteiger partial charge is 0.262 e. The number of halogens is 2. The van der Waals surface area contributed by atoms with Crippen molar-refractivity contribution in [1.29, 1.82) is 0 Å². The first-order valence-electron chi connectivity index (χ1n) is 7.00. The molecule has 0 aliphatic rings. The lowest BCUT2D eigenvalue weighted by molar-refractivity contribution is -0.118. The third-order valence-electron chi connectivity index (χ3n) is 3.07. The first kappa shape index (κ1) is 17.0. The zero-order valence-electron chi connectivity index (χ0n) is 12.4. The van der Waals surface area contributed by atoms with E-state index >= 15 is 0 Å². The van der Waals surface area contributed by atoms with E-state index in [-0.39, 0.29) is 17.4 Å². The van der Waals surface area contributed by atoms with Crippen molar-refractivity contribution in [2.45, 2.75) is 13.3 Å². The molecule has 6 heteroatoms. The van der Waals surface area contributed by atoms with Crippen LogP contribution in [0.2, 0.25) is 5.02 Å². The number of carbonyl (C=O) groups is 2. The molecule has 0 atom stereocenters. The number of nitrogens with one attached hydrogen (secondary N) is 1. The highest BCUT2D eigenvalue weighted by molar-refractivity contribution is 6.31. The van der Waals surface area contributed by atoms with Crippen molar-refractivity contribution < 1.29 is 18.7 Å². The number of ketones is 1. The Morgan fingerprint density at radius 2 is 1.87 bits per heavy atom. The largest absolute Gasteiger partial charge is 0.484 e. The predicted octanol–water partition coefficient (Wildman–Crippen LogP) is 4.09. The number of ether oxygens (including phenoxy) is 1. The Kier molecular flexibility index (Phi) is 5.71. The molecule has 0 aromatic heterocycles. The van der Waals surface area contributed by atoms with Crippen LogP contribution in [0.25, 0.3) is 0 Å². The lowest BCUT2D eigenvalue weighted by Crippen LogP contribution is -2.20. The van der Waals surface area contributed by atoms with Crippen LogP contribution in [-0.4, -0.2) is 18.3 Å². The lowest BCUT2D eigenvalue weighted by Gasteiger charge is -2.08. The second-order valence-electron chi connectivity index (χ2n) is 4.77. The summed E-state index contributed by atoms with van der Waals surface area (Å²) in [4.78, 5) is 23.3. The van der Waals surface area contributed by atoms with Gasteiger partial charge in [0.25, 0.3) is 5.91 Å². The van der Waals surface area contributed by atoms with Gasteiger partial charge in [-0.2, -0.15) is 0 Å². The highest BCUT2D eigenvalue weighted by Gasteiger charge is 2.07. The number of hydrogen-bond donors (Lipinski definition) is 1. The Labute approximate surface area is 138 Å². The Morgan fingerprint density at radius 3 is 2.48 bits per heavy atom. The summed E-state index contributed by atoms with van der Waals surface area (Å²) in [5, 5.41) is 2.48. The second-order valence-corrected chi connectivity index (χ2v) is 5.17. The summed E-state index contributed by atoms with van der Waals surface area (Å²) >= 11 is 5.64. The zero-order valence-corrected chi connectivity index (χ0v) is 13.2. The third-order valence-corrected chi connectivity index (χ3v) is 3.36. The molecule has 0 aliphatic heterocycles. The molecule has 2 rings (SSSR count). The van der Waals surface area contributed by atoms with E-state index in [1.807, 2.05) is 0 Å². The molecule has 0 radical (unpaired) electrons. The summed E-state index contributed by atoms with van der Waals surface area (Å²) in [7, 11) is 0. The number of benzene rings is 2. The molecule has 120 valence electrons. The van der Waals surface area contributed by atoms with Crippen LogP contribution >= 0.6 is 11.6 Å². The molecule has 0 spiro atoms. The van der Waals surface area contributed by atoms with E-state index in [1.54, 1.807) is 31.2 Å². The monoisotopic (exact) mass is 335 g/mol. The molecule has 2 aromatic rings. The fourth-order valence-corrected chi connectivity index (χ4v) is 2.04. The summed E-state index contributed by atoms with van der Waals surface area (Å²) < 4.78 is 18.4. The van der Waals surface area contributed by atoms with Crippen LogP contribution in [0.15, 0.2) is 42.5 Å². The van der Waals surface area contributed by atoms with Crippen molar-refractivity contribution >= 4 is 29.0 Å². The zero-order chi connectivity index (χ0) is 16.8. The average molecular weight is 336 g/mol. The average Bonchev–Trinajstić information content (AvgIpc) is 2.56. The molecular weight excluding hydrogens is 321 g/mol. The van der Waals surface area contributed by atoms with Gasteiger partial charge in [0, 0.05) is 17.7 Å². The van der Waals surface area contributed by atoms with Crippen molar-refractivity contribution in [3.63, 3.8) is 0 Å². The van der Waals surface area contributed by atoms with E-state index in [1.165, 1.54) is 18.2 Å². The molecule has 0 fully saturated rings. The van der Waals surface area contributed by atoms with Crippen molar-refractivity contribution in [2.75, 3.05) is 11.9 Å². The van der Waals surface area contributed by atoms with Gasteiger partial charge in [-0.1, -0.05) is 18.5 Å². The van der Waals surface area contributed by atoms with Crippen LogP contribution in [0.3, 0.4) is 0 Å². The van der Waals surface area contributed by atoms with E-state index < -0.39 is 11.7 Å². The van der Waals surface area contributed by atoms with Crippen LogP contribution in [-0.2, 0) is 4.79 Å². The van der Waals surface area contributed by atoms with Crippen LogP contribution in [0, 0.1) is 5.82 Å². The maximum absolute atomic E-state index is 13.0. The summed E-state index contributed by atoms with van der Waals surface area (Å²) in [5.74, 6) is -0.434. The normalized spacial score (nSPS) is 10.2. The standard InChI is InChI=1S/C17H15ClFNO3/c1-2-16(21)11-3-6-13(7-4-11)23-10-17(22)20-12-5-8-15(19)14(18)9-12/h3-9H,2,10H2,1H3,(H,20,22). The van der Waals surface area contributed by atoms with Crippen molar-refractivity contribution in [3.8, 4) is 5.75 Å². The second kappa shape index (κ2) is 7.74. The maximum atomic E-state index is 13.0. The van der Waals surface area contributed by atoms with Crippen molar-refractivity contribution in [1.82, 2.24) is 0 Å². The van der Waals surface area contributed by atoms with Gasteiger partial charge in [-0.15, -0.1) is 0 Å². The van der Waals surface area contributed by atoms with Gasteiger partial charge in [0.2, 0.25) is 0 Å². The molecule has 0 saturated heterocycles. The first-order chi connectivity index (χ1) is 11.0. The van der Waals surface area contributed by atoms with Gasteiger partial charge < -0.3 is 10.1 Å². The minimum absolute atomic E-state index is 0.0440. The lowest BCUT2D eigenvalue weighted by atomic mass is 10.1. The van der Waals surface area contributed by atoms with Gasteiger partial charge >= 0.3 is 0 Å². The van der Waals surface area contributed by atoms with Gasteiger partial charge in [0.1, 0.15) is 11.6 Å². The van der Waals surface area contributed by atoms with Crippen LogP contribution < -0.4 is 10.1 Å². The fourth-order valence-electron chi connectivity index (χ4n) is 1.86. The number of carbonyl (C=O) groups excluding carboxylic acids is 2. The minimum Gasteiger partial charge on any atom is -0.484 e. The number of amides is 1. The van der Waals surface area contributed by atoms with Gasteiger partial charge in [-0.05, 0) is 42.5 Å². The number of hydrogen-bond acceptors (Lipinski definition) is 3. The molecule has 0 saturated carbocycles. The predicted molar refractivity (Wildman–Crippen MR) is 86.6 cm³/mol. The van der Waals surface area contributed by atoms with Gasteiger partial charge in [0.15, 0.2) is 12.4 Å². The van der Waals surface area contributed by atoms with E-state index in [0.717, 1.165) is 0 Å². The van der Waals surface area contributed by atoms with Crippen molar-refractivity contribution in [3.05, 3.63) is 58.9 Å². The SMILES string of the molecule is CCC(=O)c1ccc(OCC(=O)Nc2ccc(F)c(Cl)c2)cc1. The highest BCUT2D eigenvalue weighted by Crippen LogP contribution is 2.19. The molecular formula is C17H15ClFNO3. The van der Waals surface area contributed by atoms with E-state index in [9.17, 15) is 14.0 Å². The van der Waals surface area contributed by atoms with Gasteiger partial charge in [0.05, 0.1) is 5.02 Å². The first-order valence-corrected chi connectivity index (χ1v) is 7.38. The van der Waals surface area contributed by atoms with Crippen molar-refractivity contribution in [2.24, 2.45) is 0 Å². The Hall–Kier alpha value is -2.40. The summed E-state index contributed by atoms with van der Waals surface area (Å²) in [6, 6.07) is 10.5. The highest BCUT2D eigenvalue weighted by atomic mass is 35.5. The molecule has 1 N–H and O–H groups in total. The van der Waals surface area contributed by atoms with E-state index in [4.69, 9.17) is 16.3 Å². The Morgan fingerprint density at radius 1 is 1.17 bits per heavy atom. The fraction of sp³-hybridized carbons (Fsp3) is 0.176. The topological polar surface area (TPSA) is 55.4 Å². The van der Waals surface area contributed by atoms with Crippen LogP contribution in [0.5, 0.6) is 5.75 Å². The maximum Gasteiger partial charge on any atom is 0.262 e. The molecule has 2 aromatic carbocycles. The molecule has 1 amide bonds. The number of Topliss-reactive ketones (excluding diaryl/α,β-unsaturated/α-hetero) is 1. The molecule has 0 bridgehead atoms. The molecule has 23 heavy (non-hydrogen) atoms. The number of anilines is 1. The minimum atomic E-state index is -0.553. The van der Waals surface area contributed by atoms with Crippen LogP contribution in [0.1, 0.15) is 23.7 Å². The number of rotatable bonds is 6.